The third kappa shape index (κ3) is 7.40. The van der Waals surface area contributed by atoms with Gasteiger partial charge in [-0.3, -0.25) is 0 Å². The topological polar surface area (TPSA) is 122 Å². The molecule has 2 saturated heterocycles. The molecule has 2 fully saturated rings. The minimum atomic E-state index is -3.61. The fourth-order valence-corrected chi connectivity index (χ4v) is 8.98. The van der Waals surface area contributed by atoms with Crippen LogP contribution in [0.2, 0.25) is 0 Å². The lowest BCUT2D eigenvalue weighted by Crippen LogP contribution is -2.47. The highest BCUT2D eigenvalue weighted by Gasteiger charge is 2.44. The number of nitrogens with zero attached hydrogens (tertiary/aromatic N) is 1. The number of aliphatic hydroxyl groups is 1. The molecule has 6 rings (SSSR count). The number of benzene rings is 4. The zero-order valence-corrected chi connectivity index (χ0v) is 26.5. The molecular weight excluding hydrogens is 613 g/mol. The molecule has 0 aromatic heterocycles. The van der Waals surface area contributed by atoms with E-state index in [1.54, 1.807) is 58.9 Å². The van der Waals surface area contributed by atoms with Gasteiger partial charge in [-0.05, 0) is 65.9 Å². The zero-order valence-electron chi connectivity index (χ0n) is 24.9. The minimum Gasteiger partial charge on any atom is -0.491 e. The summed E-state index contributed by atoms with van der Waals surface area (Å²) in [7, 11) is -7.16. The second-order valence-corrected chi connectivity index (χ2v) is 15.8. The first-order valence-corrected chi connectivity index (χ1v) is 18.3. The van der Waals surface area contributed by atoms with Crippen molar-refractivity contribution in [2.75, 3.05) is 32.8 Å². The molecule has 4 aromatic rings. The van der Waals surface area contributed by atoms with E-state index in [-0.39, 0.29) is 35.4 Å². The molecule has 1 spiro atoms. The van der Waals surface area contributed by atoms with E-state index in [4.69, 9.17) is 9.47 Å². The zero-order chi connectivity index (χ0) is 31.5. The summed E-state index contributed by atoms with van der Waals surface area (Å²) >= 11 is 0. The quantitative estimate of drug-likeness (QED) is 0.248. The van der Waals surface area contributed by atoms with Gasteiger partial charge in [-0.15, -0.1) is 0 Å². The van der Waals surface area contributed by atoms with Gasteiger partial charge in [0.1, 0.15) is 18.5 Å². The number of rotatable bonds is 11. The molecule has 0 aliphatic carbocycles. The van der Waals surface area contributed by atoms with Gasteiger partial charge in [0.15, 0.2) is 9.84 Å². The van der Waals surface area contributed by atoms with Gasteiger partial charge >= 0.3 is 0 Å². The van der Waals surface area contributed by atoms with Crippen LogP contribution in [0.4, 0.5) is 0 Å². The molecule has 0 bridgehead atoms. The summed E-state index contributed by atoms with van der Waals surface area (Å²) in [6.07, 6.45) is 1.12. The Balaban J connectivity index is 0.962. The van der Waals surface area contributed by atoms with E-state index < -0.39 is 26.0 Å². The minimum absolute atomic E-state index is 0.00447. The Kier molecular flexibility index (Phi) is 9.28. The lowest BCUT2D eigenvalue weighted by molar-refractivity contribution is -0.0312. The first-order valence-electron chi connectivity index (χ1n) is 15.2. The fourth-order valence-electron chi connectivity index (χ4n) is 6.12. The van der Waals surface area contributed by atoms with Crippen molar-refractivity contribution in [2.24, 2.45) is 0 Å². The Morgan fingerprint density at radius 3 is 2.38 bits per heavy atom. The fraction of sp³-hybridized carbons (Fsp3) is 0.353. The summed E-state index contributed by atoms with van der Waals surface area (Å²) < 4.78 is 66.0. The van der Waals surface area contributed by atoms with Crippen LogP contribution in [0.25, 0.3) is 10.8 Å². The van der Waals surface area contributed by atoms with Gasteiger partial charge in [-0.25, -0.2) is 16.8 Å². The molecule has 45 heavy (non-hydrogen) atoms. The van der Waals surface area contributed by atoms with Crippen LogP contribution in [-0.4, -0.2) is 76.8 Å². The van der Waals surface area contributed by atoms with Crippen molar-refractivity contribution in [3.63, 3.8) is 0 Å². The van der Waals surface area contributed by atoms with Crippen molar-refractivity contribution < 1.29 is 31.4 Å². The maximum Gasteiger partial charge on any atom is 0.243 e. The van der Waals surface area contributed by atoms with Gasteiger partial charge in [0, 0.05) is 25.7 Å². The van der Waals surface area contributed by atoms with Crippen molar-refractivity contribution in [3.05, 3.63) is 103 Å². The molecule has 0 radical (unpaired) electrons. The van der Waals surface area contributed by atoms with E-state index in [1.165, 1.54) is 6.07 Å². The van der Waals surface area contributed by atoms with E-state index in [0.717, 1.165) is 17.2 Å². The highest BCUT2D eigenvalue weighted by atomic mass is 32.2. The Morgan fingerprint density at radius 1 is 0.867 bits per heavy atom. The summed E-state index contributed by atoms with van der Waals surface area (Å²) in [5.41, 5.74) is 0.319. The molecule has 2 aliphatic heterocycles. The molecule has 2 unspecified atom stereocenters. The molecule has 2 aliphatic rings. The van der Waals surface area contributed by atoms with Gasteiger partial charge in [-0.2, -0.15) is 4.31 Å². The maximum atomic E-state index is 13.4. The van der Waals surface area contributed by atoms with Crippen LogP contribution in [0.1, 0.15) is 24.8 Å². The second-order valence-electron chi connectivity index (χ2n) is 11.9. The van der Waals surface area contributed by atoms with Crippen molar-refractivity contribution >= 4 is 30.6 Å². The summed E-state index contributed by atoms with van der Waals surface area (Å²) in [6.45, 7) is 1.53. The Labute approximate surface area is 264 Å². The van der Waals surface area contributed by atoms with Crippen molar-refractivity contribution in [2.45, 2.75) is 52.6 Å². The molecule has 4 aromatic carbocycles. The number of hydrogen-bond acceptors (Lipinski definition) is 8. The Hall–Kier alpha value is -3.32. The van der Waals surface area contributed by atoms with E-state index in [2.05, 4.69) is 5.32 Å². The van der Waals surface area contributed by atoms with Crippen LogP contribution in [0, 0.1) is 0 Å². The predicted octanol–water partition coefficient (Wildman–Crippen LogP) is 4.16. The number of sulfonamides is 1. The van der Waals surface area contributed by atoms with Crippen molar-refractivity contribution in [1.29, 1.82) is 0 Å². The third-order valence-corrected chi connectivity index (χ3v) is 12.2. The average Bonchev–Trinajstić information content (AvgIpc) is 3.45. The summed E-state index contributed by atoms with van der Waals surface area (Å²) in [5, 5.41) is 15.8. The third-order valence-electron chi connectivity index (χ3n) is 8.65. The van der Waals surface area contributed by atoms with Gasteiger partial charge in [0.25, 0.3) is 0 Å². The molecule has 0 amide bonds. The lowest BCUT2D eigenvalue weighted by Gasteiger charge is -2.38. The summed E-state index contributed by atoms with van der Waals surface area (Å²) in [4.78, 5) is 0.474. The van der Waals surface area contributed by atoms with Crippen LogP contribution in [0.3, 0.4) is 0 Å². The molecule has 9 nitrogen and oxygen atoms in total. The second kappa shape index (κ2) is 13.2. The van der Waals surface area contributed by atoms with Crippen LogP contribution < -0.4 is 10.1 Å². The standard InChI is InChI=1S/C34H38N2O7S2/c37-30(24-42-31-11-6-12-32(20-31)44(38,39)25-26-7-2-1-3-8-26)22-35-29-21-34(43-23-29)15-17-36(18-16-34)45(40,41)33-14-13-27-9-4-5-10-28(27)19-33/h1-14,19-20,29-30,35,37H,15-18,21-25H2. The van der Waals surface area contributed by atoms with E-state index in [1.807, 2.05) is 36.4 Å². The summed E-state index contributed by atoms with van der Waals surface area (Å²) in [5.74, 6) is 0.268. The van der Waals surface area contributed by atoms with Gasteiger partial charge in [-0.1, -0.05) is 66.7 Å². The molecule has 2 atom stereocenters. The Morgan fingerprint density at radius 2 is 1.60 bits per heavy atom. The lowest BCUT2D eigenvalue weighted by atomic mass is 9.88. The highest BCUT2D eigenvalue weighted by Crippen LogP contribution is 2.37. The molecular formula is C34H38N2O7S2. The van der Waals surface area contributed by atoms with E-state index in [9.17, 15) is 21.9 Å². The first kappa shape index (κ1) is 31.7. The first-order chi connectivity index (χ1) is 21.6. The molecule has 2 N–H and O–H groups in total. The SMILES string of the molecule is O=S(=O)(Cc1ccccc1)c1cccc(OCC(O)CNC2COC3(CCN(S(=O)(=O)c4ccc5ccccc5c4)CC3)C2)c1. The molecule has 238 valence electrons. The molecule has 11 heteroatoms. The highest BCUT2D eigenvalue weighted by molar-refractivity contribution is 7.90. The number of sulfone groups is 1. The Bertz CT molecular complexity index is 1840. The van der Waals surface area contributed by atoms with Gasteiger partial charge in [0.05, 0.1) is 27.8 Å². The molecule has 0 saturated carbocycles. The van der Waals surface area contributed by atoms with Crippen LogP contribution in [0.5, 0.6) is 5.75 Å². The van der Waals surface area contributed by atoms with Crippen LogP contribution in [0.15, 0.2) is 107 Å². The smallest absolute Gasteiger partial charge is 0.243 e. The number of ether oxygens (including phenoxy) is 2. The number of hydrogen-bond donors (Lipinski definition) is 2. The molecule has 2 heterocycles. The number of nitrogens with one attached hydrogen (secondary N) is 1. The van der Waals surface area contributed by atoms with Gasteiger partial charge in [0.2, 0.25) is 10.0 Å². The van der Waals surface area contributed by atoms with Crippen LogP contribution in [-0.2, 0) is 30.4 Å². The predicted molar refractivity (Wildman–Crippen MR) is 172 cm³/mol. The maximum absolute atomic E-state index is 13.4. The number of piperidine rings is 1. The average molecular weight is 651 g/mol. The largest absolute Gasteiger partial charge is 0.491 e. The summed E-state index contributed by atoms with van der Waals surface area (Å²) in [6, 6.07) is 28.3. The van der Waals surface area contributed by atoms with Crippen molar-refractivity contribution in [3.8, 4) is 5.75 Å². The van der Waals surface area contributed by atoms with Gasteiger partial charge < -0.3 is 19.9 Å². The van der Waals surface area contributed by atoms with Crippen molar-refractivity contribution in [1.82, 2.24) is 9.62 Å². The van der Waals surface area contributed by atoms with Crippen LogP contribution >= 0.6 is 0 Å². The normalized spacial score (nSPS) is 19.5. The van der Waals surface area contributed by atoms with E-state index >= 15 is 0 Å². The number of fused-ring (bicyclic) bond motifs is 1. The number of aliphatic hydroxyl groups excluding tert-OH is 1. The van der Waals surface area contributed by atoms with E-state index in [0.29, 0.717) is 48.7 Å². The monoisotopic (exact) mass is 650 g/mol.